The lowest BCUT2D eigenvalue weighted by Gasteiger charge is -2.37. The van der Waals surface area contributed by atoms with Gasteiger partial charge in [-0.05, 0) is 55.9 Å². The Labute approximate surface area is 201 Å². The Kier molecular flexibility index (Phi) is 6.74. The molecule has 2 aliphatic heterocycles. The van der Waals surface area contributed by atoms with Crippen LogP contribution in [0.15, 0.2) is 30.5 Å². The fraction of sp³-hybridized carbons (Fsp3) is 0.500. The first-order valence-corrected chi connectivity index (χ1v) is 11.6. The van der Waals surface area contributed by atoms with Gasteiger partial charge >= 0.3 is 6.18 Å². The molecule has 8 nitrogen and oxygen atoms in total. The molecule has 2 fully saturated rings. The second-order valence-electron chi connectivity index (χ2n) is 9.08. The topological polar surface area (TPSA) is 108 Å². The molecule has 0 spiro atoms. The van der Waals surface area contributed by atoms with Gasteiger partial charge in [0.1, 0.15) is 5.69 Å². The van der Waals surface area contributed by atoms with Gasteiger partial charge in [0.25, 0.3) is 5.91 Å². The fourth-order valence-corrected chi connectivity index (χ4v) is 5.35. The molecule has 0 unspecified atom stereocenters. The predicted octanol–water partition coefficient (Wildman–Crippen LogP) is 2.88. The molecule has 35 heavy (non-hydrogen) atoms. The number of rotatable bonds is 5. The summed E-state index contributed by atoms with van der Waals surface area (Å²) in [6.07, 6.45) is -1.73. The average molecular weight is 489 g/mol. The number of carbonyl (C=O) groups excluding carboxylic acids is 2. The highest BCUT2D eigenvalue weighted by atomic mass is 19.4. The summed E-state index contributed by atoms with van der Waals surface area (Å²) in [5.74, 6) is -1.10. The molecule has 2 aromatic rings. The number of alkyl halides is 3. The number of halogens is 3. The van der Waals surface area contributed by atoms with Crippen LogP contribution >= 0.6 is 0 Å². The Hall–Kier alpha value is -3.55. The molecule has 2 saturated heterocycles. The molecular weight excluding hydrogens is 461 g/mol. The van der Waals surface area contributed by atoms with Crippen LogP contribution in [0.2, 0.25) is 0 Å². The number of amides is 2. The number of hydrogen-bond donors (Lipinski definition) is 1. The van der Waals surface area contributed by atoms with Gasteiger partial charge in [0, 0.05) is 44.6 Å². The number of anilines is 1. The number of carbonyl (C=O) groups is 2. The first kappa shape index (κ1) is 24.6. The monoisotopic (exact) mass is 488 g/mol. The minimum atomic E-state index is -4.61. The quantitative estimate of drug-likeness (QED) is 0.696. The third-order valence-corrected chi connectivity index (χ3v) is 7.19. The fourth-order valence-electron chi connectivity index (χ4n) is 5.35. The van der Waals surface area contributed by atoms with E-state index >= 15 is 0 Å². The lowest BCUT2D eigenvalue weighted by atomic mass is 9.78. The maximum atomic E-state index is 13.4. The predicted molar refractivity (Wildman–Crippen MR) is 121 cm³/mol. The van der Waals surface area contributed by atoms with Crippen LogP contribution in [0.25, 0.3) is 0 Å². The summed E-state index contributed by atoms with van der Waals surface area (Å²) in [5, 5.41) is 13.2. The van der Waals surface area contributed by atoms with Crippen molar-refractivity contribution in [3.63, 3.8) is 0 Å². The second kappa shape index (κ2) is 9.60. The summed E-state index contributed by atoms with van der Waals surface area (Å²) in [5.41, 5.74) is 5.23. The highest BCUT2D eigenvalue weighted by Gasteiger charge is 2.44. The van der Waals surface area contributed by atoms with Crippen molar-refractivity contribution in [3.05, 3.63) is 47.3 Å². The van der Waals surface area contributed by atoms with E-state index in [9.17, 15) is 22.8 Å². The average Bonchev–Trinajstić information content (AvgIpc) is 3.50. The number of aromatic nitrogens is 2. The smallest absolute Gasteiger partial charge is 0.372 e. The third-order valence-electron chi connectivity index (χ3n) is 7.19. The Balaban J connectivity index is 1.46. The molecule has 0 saturated carbocycles. The van der Waals surface area contributed by atoms with Crippen molar-refractivity contribution in [2.24, 2.45) is 23.5 Å². The van der Waals surface area contributed by atoms with E-state index in [4.69, 9.17) is 11.0 Å². The van der Waals surface area contributed by atoms with E-state index in [-0.39, 0.29) is 24.3 Å². The summed E-state index contributed by atoms with van der Waals surface area (Å²) >= 11 is 0. The van der Waals surface area contributed by atoms with Crippen molar-refractivity contribution in [3.8, 4) is 6.07 Å². The minimum absolute atomic E-state index is 0.108. The van der Waals surface area contributed by atoms with Gasteiger partial charge in [0.05, 0.1) is 23.1 Å². The number of aryl methyl sites for hydroxylation is 1. The molecule has 1 aromatic heterocycles. The number of benzene rings is 1. The van der Waals surface area contributed by atoms with Crippen LogP contribution in [-0.2, 0) is 17.5 Å². The van der Waals surface area contributed by atoms with Crippen LogP contribution < -0.4 is 10.6 Å². The van der Waals surface area contributed by atoms with Gasteiger partial charge in [-0.25, -0.2) is 0 Å². The third kappa shape index (κ3) is 4.83. The number of nitrogens with zero attached hydrogens (tertiary/aromatic N) is 5. The minimum Gasteiger partial charge on any atom is -0.372 e. The number of piperidine rings is 1. The van der Waals surface area contributed by atoms with E-state index in [0.717, 1.165) is 6.07 Å². The molecule has 11 heteroatoms. The number of likely N-dealkylation sites (tertiary alicyclic amines) is 1. The first-order valence-electron chi connectivity index (χ1n) is 11.6. The molecule has 1 aromatic carbocycles. The highest BCUT2D eigenvalue weighted by Crippen LogP contribution is 2.39. The molecule has 2 N–H and O–H groups in total. The Morgan fingerprint density at radius 1 is 1.20 bits per heavy atom. The molecule has 0 radical (unpaired) electrons. The van der Waals surface area contributed by atoms with E-state index in [0.29, 0.717) is 50.4 Å². The van der Waals surface area contributed by atoms with E-state index in [1.807, 2.05) is 11.8 Å². The summed E-state index contributed by atoms with van der Waals surface area (Å²) in [7, 11) is 0. The zero-order valence-corrected chi connectivity index (χ0v) is 19.3. The molecule has 4 rings (SSSR count). The molecule has 2 amide bonds. The summed E-state index contributed by atoms with van der Waals surface area (Å²) in [6.45, 7) is 4.11. The zero-order valence-electron chi connectivity index (χ0n) is 19.3. The van der Waals surface area contributed by atoms with E-state index in [1.54, 1.807) is 27.9 Å². The van der Waals surface area contributed by atoms with Crippen LogP contribution in [0.5, 0.6) is 0 Å². The van der Waals surface area contributed by atoms with Crippen LogP contribution in [0, 0.1) is 29.1 Å². The molecule has 2 atom stereocenters. The van der Waals surface area contributed by atoms with Crippen molar-refractivity contribution in [1.82, 2.24) is 14.7 Å². The molecule has 186 valence electrons. The van der Waals surface area contributed by atoms with Crippen molar-refractivity contribution >= 4 is 17.5 Å². The largest absolute Gasteiger partial charge is 0.417 e. The van der Waals surface area contributed by atoms with Gasteiger partial charge in [0.2, 0.25) is 5.91 Å². The van der Waals surface area contributed by atoms with Crippen LogP contribution in [0.1, 0.15) is 41.4 Å². The maximum absolute atomic E-state index is 13.4. The molecule has 0 bridgehead atoms. The lowest BCUT2D eigenvalue weighted by Crippen LogP contribution is -2.40. The normalized spacial score (nSPS) is 21.2. The van der Waals surface area contributed by atoms with Crippen molar-refractivity contribution in [2.45, 2.75) is 32.5 Å². The molecule has 0 aliphatic carbocycles. The Bertz CT molecular complexity index is 1150. The van der Waals surface area contributed by atoms with E-state index in [2.05, 4.69) is 5.10 Å². The molecular formula is C24H27F3N6O2. The summed E-state index contributed by atoms with van der Waals surface area (Å²) < 4.78 is 41.7. The maximum Gasteiger partial charge on any atom is 0.417 e. The molecule has 3 heterocycles. The standard InChI is InChI=1S/C24H27F3N6O2/c1-2-33-21(5-8-30-33)23(35)32-13-18(19(14-32)22(29)34)15-6-9-31(10-7-15)17-4-3-16(12-28)20(11-17)24(25,26)27/h3-5,8,11,15,18-19H,2,6-7,9-10,13-14H2,1H3,(H2,29,34)/t18-,19+/m0/s1. The summed E-state index contributed by atoms with van der Waals surface area (Å²) in [6, 6.07) is 7.02. The van der Waals surface area contributed by atoms with Gasteiger partial charge in [-0.2, -0.15) is 23.5 Å². The highest BCUT2D eigenvalue weighted by molar-refractivity contribution is 5.93. The zero-order chi connectivity index (χ0) is 25.3. The van der Waals surface area contributed by atoms with Gasteiger partial charge in [-0.15, -0.1) is 0 Å². The van der Waals surface area contributed by atoms with Gasteiger partial charge in [-0.1, -0.05) is 0 Å². The van der Waals surface area contributed by atoms with Gasteiger partial charge < -0.3 is 15.5 Å². The SMILES string of the molecule is CCn1nccc1C(=O)N1C[C@@H](C(N)=O)[C@H](C2CCN(c3ccc(C#N)c(C(F)(F)F)c3)CC2)C1. The van der Waals surface area contributed by atoms with E-state index < -0.39 is 29.1 Å². The van der Waals surface area contributed by atoms with Crippen molar-refractivity contribution in [2.75, 3.05) is 31.1 Å². The van der Waals surface area contributed by atoms with Crippen LogP contribution in [0.4, 0.5) is 18.9 Å². The number of nitriles is 1. The van der Waals surface area contributed by atoms with Crippen molar-refractivity contribution in [1.29, 1.82) is 5.26 Å². The second-order valence-corrected chi connectivity index (χ2v) is 9.08. The van der Waals surface area contributed by atoms with Gasteiger partial charge in [0.15, 0.2) is 0 Å². The number of primary amides is 1. The molecule has 2 aliphatic rings. The Morgan fingerprint density at radius 2 is 1.91 bits per heavy atom. The van der Waals surface area contributed by atoms with Crippen LogP contribution in [-0.4, -0.2) is 52.7 Å². The van der Waals surface area contributed by atoms with Crippen molar-refractivity contribution < 1.29 is 22.8 Å². The van der Waals surface area contributed by atoms with E-state index in [1.165, 1.54) is 12.1 Å². The number of nitrogens with two attached hydrogens (primary N) is 1. The van der Waals surface area contributed by atoms with Crippen LogP contribution in [0.3, 0.4) is 0 Å². The summed E-state index contributed by atoms with van der Waals surface area (Å²) in [4.78, 5) is 28.8. The number of hydrogen-bond acceptors (Lipinski definition) is 5. The van der Waals surface area contributed by atoms with Gasteiger partial charge in [-0.3, -0.25) is 14.3 Å². The lowest BCUT2D eigenvalue weighted by molar-refractivity contribution is -0.137. The first-order chi connectivity index (χ1) is 16.6. The Morgan fingerprint density at radius 3 is 2.51 bits per heavy atom.